The number of nitrogens with two attached hydrogens (primary N) is 1. The molecule has 10 heteroatoms. The second kappa shape index (κ2) is 9.50. The molecule has 0 aromatic heterocycles. The molecule has 0 aliphatic heterocycles. The summed E-state index contributed by atoms with van der Waals surface area (Å²) < 4.78 is 79.2. The van der Waals surface area contributed by atoms with E-state index in [0.29, 0.717) is 18.6 Å². The molecule has 2 aromatic carbocycles. The van der Waals surface area contributed by atoms with Gasteiger partial charge in [0, 0.05) is 19.6 Å². The summed E-state index contributed by atoms with van der Waals surface area (Å²) in [6, 6.07) is 10.4. The van der Waals surface area contributed by atoms with E-state index in [1.807, 2.05) is 0 Å². The van der Waals surface area contributed by atoms with Crippen LogP contribution in [0.5, 0.6) is 0 Å². The maximum absolute atomic E-state index is 13.3. The molecular weight excluding hydrogens is 408 g/mol. The van der Waals surface area contributed by atoms with E-state index < -0.39 is 32.5 Å². The van der Waals surface area contributed by atoms with Crippen LogP contribution in [0.15, 0.2) is 53.4 Å². The summed E-state index contributed by atoms with van der Waals surface area (Å²) in [6.07, 6.45) is -4.69. The first-order valence-corrected chi connectivity index (χ1v) is 9.21. The zero-order valence-corrected chi connectivity index (χ0v) is 15.7. The number of hydrogen-bond donors (Lipinski definition) is 1. The van der Waals surface area contributed by atoms with Crippen molar-refractivity contribution in [2.75, 3.05) is 19.6 Å². The number of hydrogen-bond acceptors (Lipinski definition) is 3. The Labute approximate surface area is 161 Å². The minimum absolute atomic E-state index is 0. The fourth-order valence-electron chi connectivity index (χ4n) is 2.48. The Kier molecular flexibility index (Phi) is 8.22. The molecule has 27 heavy (non-hydrogen) atoms. The Morgan fingerprint density at radius 1 is 1.00 bits per heavy atom. The van der Waals surface area contributed by atoms with E-state index in [1.165, 1.54) is 0 Å². The standard InChI is InChI=1S/C17H18F4N2O2S.ClH/c18-14-6-7-16(15(12-14)17(19,20)21)26(24,25)23(11-9-22)10-8-13-4-2-1-3-5-13;/h1-7,12H,8-11,22H2;1H. The number of alkyl halides is 3. The van der Waals surface area contributed by atoms with Crippen LogP contribution < -0.4 is 5.73 Å². The minimum atomic E-state index is -5.00. The number of nitrogens with zero attached hydrogens (tertiary/aromatic N) is 1. The summed E-state index contributed by atoms with van der Waals surface area (Å²) in [6.45, 7) is -0.251. The van der Waals surface area contributed by atoms with Crippen molar-refractivity contribution < 1.29 is 26.0 Å². The molecule has 0 atom stereocenters. The average molecular weight is 427 g/mol. The van der Waals surface area contributed by atoms with E-state index in [-0.39, 0.29) is 38.1 Å². The predicted molar refractivity (Wildman–Crippen MR) is 96.6 cm³/mol. The van der Waals surface area contributed by atoms with Crippen molar-refractivity contribution in [2.45, 2.75) is 17.5 Å². The van der Waals surface area contributed by atoms with Gasteiger partial charge in [-0.2, -0.15) is 17.5 Å². The van der Waals surface area contributed by atoms with Crippen LogP contribution in [0, 0.1) is 5.82 Å². The molecule has 0 fully saturated rings. The van der Waals surface area contributed by atoms with E-state index in [0.717, 1.165) is 9.87 Å². The lowest BCUT2D eigenvalue weighted by molar-refractivity contribution is -0.140. The monoisotopic (exact) mass is 426 g/mol. The lowest BCUT2D eigenvalue weighted by Crippen LogP contribution is -2.37. The molecule has 0 amide bonds. The van der Waals surface area contributed by atoms with Crippen LogP contribution in [-0.2, 0) is 22.6 Å². The third kappa shape index (κ3) is 5.90. The summed E-state index contributed by atoms with van der Waals surface area (Å²) in [4.78, 5) is -0.979. The minimum Gasteiger partial charge on any atom is -0.329 e. The van der Waals surface area contributed by atoms with Crippen LogP contribution in [0.1, 0.15) is 11.1 Å². The van der Waals surface area contributed by atoms with Crippen LogP contribution in [0.4, 0.5) is 17.6 Å². The third-order valence-electron chi connectivity index (χ3n) is 3.74. The maximum Gasteiger partial charge on any atom is 0.417 e. The Balaban J connectivity index is 0.00000364. The first kappa shape index (κ1) is 23.4. The van der Waals surface area contributed by atoms with Gasteiger partial charge in [-0.25, -0.2) is 12.8 Å². The smallest absolute Gasteiger partial charge is 0.329 e. The molecule has 0 saturated heterocycles. The third-order valence-corrected chi connectivity index (χ3v) is 5.69. The van der Waals surface area contributed by atoms with Crippen LogP contribution in [0.2, 0.25) is 0 Å². The number of sulfonamides is 1. The zero-order chi connectivity index (χ0) is 19.4. The van der Waals surface area contributed by atoms with Gasteiger partial charge >= 0.3 is 6.18 Å². The van der Waals surface area contributed by atoms with E-state index in [9.17, 15) is 26.0 Å². The van der Waals surface area contributed by atoms with Crippen LogP contribution >= 0.6 is 12.4 Å². The van der Waals surface area contributed by atoms with Crippen molar-refractivity contribution in [2.24, 2.45) is 5.73 Å². The quantitative estimate of drug-likeness (QED) is 0.690. The molecule has 0 bridgehead atoms. The molecule has 2 aromatic rings. The highest BCUT2D eigenvalue weighted by Crippen LogP contribution is 2.35. The van der Waals surface area contributed by atoms with Gasteiger partial charge in [0.2, 0.25) is 10.0 Å². The molecule has 0 radical (unpaired) electrons. The van der Waals surface area contributed by atoms with Crippen LogP contribution in [0.3, 0.4) is 0 Å². The van der Waals surface area contributed by atoms with E-state index in [4.69, 9.17) is 5.73 Å². The summed E-state index contributed by atoms with van der Waals surface area (Å²) in [5.41, 5.74) is 4.74. The summed E-state index contributed by atoms with van der Waals surface area (Å²) in [5.74, 6) is -1.16. The Bertz CT molecular complexity index is 846. The maximum atomic E-state index is 13.3. The fourth-order valence-corrected chi connectivity index (χ4v) is 4.13. The molecule has 2 rings (SSSR count). The molecule has 2 N–H and O–H groups in total. The van der Waals surface area contributed by atoms with E-state index >= 15 is 0 Å². The van der Waals surface area contributed by atoms with Crippen molar-refractivity contribution in [1.29, 1.82) is 0 Å². The molecule has 0 saturated carbocycles. The average Bonchev–Trinajstić information content (AvgIpc) is 2.58. The molecule has 0 heterocycles. The molecule has 0 unspecified atom stereocenters. The van der Waals surface area contributed by atoms with Gasteiger partial charge in [-0.15, -0.1) is 12.4 Å². The molecule has 0 spiro atoms. The topological polar surface area (TPSA) is 63.4 Å². The summed E-state index contributed by atoms with van der Waals surface area (Å²) in [7, 11) is -4.50. The highest BCUT2D eigenvalue weighted by Gasteiger charge is 2.39. The van der Waals surface area contributed by atoms with Crippen LogP contribution in [0.25, 0.3) is 0 Å². The number of benzene rings is 2. The number of halogens is 5. The first-order valence-electron chi connectivity index (χ1n) is 7.77. The van der Waals surface area contributed by atoms with Gasteiger partial charge in [0.1, 0.15) is 5.82 Å². The van der Waals surface area contributed by atoms with Gasteiger partial charge in [0.15, 0.2) is 0 Å². The SMILES string of the molecule is Cl.NCCN(CCc1ccccc1)S(=O)(=O)c1ccc(F)cc1C(F)(F)F. The van der Waals surface area contributed by atoms with Crippen molar-refractivity contribution >= 4 is 22.4 Å². The highest BCUT2D eigenvalue weighted by molar-refractivity contribution is 7.89. The Morgan fingerprint density at radius 3 is 2.19 bits per heavy atom. The van der Waals surface area contributed by atoms with Gasteiger partial charge in [-0.05, 0) is 30.2 Å². The largest absolute Gasteiger partial charge is 0.417 e. The Morgan fingerprint density at radius 2 is 1.63 bits per heavy atom. The number of rotatable bonds is 7. The predicted octanol–water partition coefficient (Wildman–Crippen LogP) is 3.46. The van der Waals surface area contributed by atoms with Crippen molar-refractivity contribution in [3.8, 4) is 0 Å². The van der Waals surface area contributed by atoms with Crippen LogP contribution in [-0.4, -0.2) is 32.4 Å². The second-order valence-electron chi connectivity index (χ2n) is 5.57. The first-order chi connectivity index (χ1) is 12.2. The normalized spacial score (nSPS) is 12.1. The summed E-state index contributed by atoms with van der Waals surface area (Å²) in [5, 5.41) is 0. The lowest BCUT2D eigenvalue weighted by atomic mass is 10.1. The molecule has 0 aliphatic rings. The van der Waals surface area contributed by atoms with Crippen molar-refractivity contribution in [1.82, 2.24) is 4.31 Å². The van der Waals surface area contributed by atoms with Crippen molar-refractivity contribution in [3.63, 3.8) is 0 Å². The van der Waals surface area contributed by atoms with Gasteiger partial charge in [-0.1, -0.05) is 30.3 Å². The van der Waals surface area contributed by atoms with E-state index in [1.54, 1.807) is 30.3 Å². The lowest BCUT2D eigenvalue weighted by Gasteiger charge is -2.23. The van der Waals surface area contributed by atoms with Crippen molar-refractivity contribution in [3.05, 3.63) is 65.5 Å². The summed E-state index contributed by atoms with van der Waals surface area (Å²) >= 11 is 0. The molecular formula is C17H19ClF4N2O2S. The molecule has 150 valence electrons. The van der Waals surface area contributed by atoms with Gasteiger partial charge in [-0.3, -0.25) is 0 Å². The molecule has 4 nitrogen and oxygen atoms in total. The Hall–Kier alpha value is -1.68. The molecule has 0 aliphatic carbocycles. The highest BCUT2D eigenvalue weighted by atomic mass is 35.5. The zero-order valence-electron chi connectivity index (χ0n) is 14.1. The fraction of sp³-hybridized carbons (Fsp3) is 0.294. The van der Waals surface area contributed by atoms with Gasteiger partial charge in [0.05, 0.1) is 10.5 Å². The van der Waals surface area contributed by atoms with Gasteiger partial charge in [0.25, 0.3) is 0 Å². The van der Waals surface area contributed by atoms with Gasteiger partial charge < -0.3 is 5.73 Å². The second-order valence-corrected chi connectivity index (χ2v) is 7.47. The van der Waals surface area contributed by atoms with E-state index in [2.05, 4.69) is 0 Å².